The molecule has 0 unspecified atom stereocenters. The van der Waals surface area contributed by atoms with Crippen molar-refractivity contribution in [1.29, 1.82) is 0 Å². The average molecular weight is 635 g/mol. The van der Waals surface area contributed by atoms with Crippen LogP contribution in [-0.4, -0.2) is 47.2 Å². The maximum absolute atomic E-state index is 14.1. The third kappa shape index (κ3) is 9.70. The van der Waals surface area contributed by atoms with Gasteiger partial charge in [-0.15, -0.1) is 0 Å². The molecule has 0 spiro atoms. The molecule has 2 heterocycles. The smallest absolute Gasteiger partial charge is 0.416 e. The second kappa shape index (κ2) is 16.7. The van der Waals surface area contributed by atoms with E-state index in [4.69, 9.17) is 19.0 Å². The number of benzene rings is 1. The topological polar surface area (TPSA) is 106 Å². The van der Waals surface area contributed by atoms with E-state index in [1.54, 1.807) is 6.07 Å². The number of furan rings is 1. The summed E-state index contributed by atoms with van der Waals surface area (Å²) in [6, 6.07) is 10.8. The lowest BCUT2D eigenvalue weighted by atomic mass is 9.90. The summed E-state index contributed by atoms with van der Waals surface area (Å²) in [4.78, 5) is 40.3. The minimum atomic E-state index is -1.02. The van der Waals surface area contributed by atoms with Gasteiger partial charge in [0, 0.05) is 20.0 Å². The van der Waals surface area contributed by atoms with Gasteiger partial charge in [-0.3, -0.25) is 9.59 Å². The predicted octanol–water partition coefficient (Wildman–Crippen LogP) is 7.16. The molecule has 1 N–H and O–H groups in total. The number of hydrogen-bond acceptors (Lipinski definition) is 7. The molecule has 41 heavy (non-hydrogen) atoms. The van der Waals surface area contributed by atoms with E-state index < -0.39 is 36.0 Å². The van der Waals surface area contributed by atoms with Crippen LogP contribution in [0.2, 0.25) is 0 Å². The van der Waals surface area contributed by atoms with Gasteiger partial charge >= 0.3 is 12.1 Å². The average Bonchev–Trinajstić information content (AvgIpc) is 3.52. The molecule has 3 rings (SSSR count). The Morgan fingerprint density at radius 3 is 2.29 bits per heavy atom. The lowest BCUT2D eigenvalue weighted by Crippen LogP contribution is -2.47. The van der Waals surface area contributed by atoms with Gasteiger partial charge in [0.25, 0.3) is 0 Å². The van der Waals surface area contributed by atoms with Crippen LogP contribution in [-0.2, 0) is 31.9 Å². The number of carbonyl (C=O) groups is 3. The van der Waals surface area contributed by atoms with Gasteiger partial charge in [0.15, 0.2) is 6.10 Å². The Morgan fingerprint density at radius 2 is 1.68 bits per heavy atom. The number of rotatable bonds is 17. The molecule has 1 aliphatic rings. The molecule has 0 saturated carbocycles. The number of nitrogens with zero attached hydrogens (tertiary/aromatic N) is 1. The van der Waals surface area contributed by atoms with Crippen molar-refractivity contribution in [2.75, 3.05) is 13.2 Å². The third-order valence-corrected chi connectivity index (χ3v) is 8.23. The highest BCUT2D eigenvalue weighted by atomic mass is 79.9. The standard InChI is InChI=1S/C32H44BrNO7/c1-22(2)27-21-39-32(38)34(27)31(37)25(19-24-15-11-10-12-16-24)30(40-23(3)36)29-20-26(33)28(41-29)17-13-8-6-4-5-7-9-14-18-35/h10-12,15-16,20,22,25,27,30,35H,4-9,13-14,17-19,21H2,1-3H3/t25-,27-,30+/m1/s1. The number of hydrogen-bond donors (Lipinski definition) is 1. The fraction of sp³-hybridized carbons (Fsp3) is 0.594. The van der Waals surface area contributed by atoms with Crippen LogP contribution in [0.4, 0.5) is 4.79 Å². The lowest BCUT2D eigenvalue weighted by Gasteiger charge is -2.30. The Hall–Kier alpha value is -2.65. The van der Waals surface area contributed by atoms with Crippen LogP contribution in [0.1, 0.15) is 95.3 Å². The summed E-state index contributed by atoms with van der Waals surface area (Å²) in [7, 11) is 0. The maximum Gasteiger partial charge on any atom is 0.416 e. The molecule has 3 atom stereocenters. The summed E-state index contributed by atoms with van der Waals surface area (Å²) in [5.74, 6) is -0.780. The van der Waals surface area contributed by atoms with E-state index in [0.29, 0.717) is 12.2 Å². The summed E-state index contributed by atoms with van der Waals surface area (Å²) in [6.07, 6.45) is 7.87. The van der Waals surface area contributed by atoms with Crippen molar-refractivity contribution in [3.63, 3.8) is 0 Å². The number of unbranched alkanes of at least 4 members (excludes halogenated alkanes) is 7. The number of aliphatic hydroxyl groups excluding tert-OH is 1. The SMILES string of the molecule is CC(=O)O[C@H](c1cc(Br)c(CCCCCCCCCCO)o1)[C@@H](Cc1ccccc1)C(=O)N1C(=O)OC[C@@H]1C(C)C. The van der Waals surface area contributed by atoms with Crippen LogP contribution in [0.3, 0.4) is 0 Å². The predicted molar refractivity (Wildman–Crippen MR) is 159 cm³/mol. The van der Waals surface area contributed by atoms with Crippen LogP contribution in [0.25, 0.3) is 0 Å². The zero-order valence-corrected chi connectivity index (χ0v) is 26.1. The van der Waals surface area contributed by atoms with Crippen LogP contribution in [0.5, 0.6) is 0 Å². The maximum atomic E-state index is 14.1. The first-order valence-electron chi connectivity index (χ1n) is 14.8. The summed E-state index contributed by atoms with van der Waals surface area (Å²) < 4.78 is 18.1. The second-order valence-corrected chi connectivity index (χ2v) is 12.0. The van der Waals surface area contributed by atoms with E-state index in [-0.39, 0.29) is 25.6 Å². The highest BCUT2D eigenvalue weighted by molar-refractivity contribution is 9.10. The number of ether oxygens (including phenoxy) is 2. The van der Waals surface area contributed by atoms with Crippen molar-refractivity contribution in [3.8, 4) is 0 Å². The molecule has 1 saturated heterocycles. The first-order valence-corrected chi connectivity index (χ1v) is 15.6. The van der Waals surface area contributed by atoms with Gasteiger partial charge in [0.2, 0.25) is 5.91 Å². The summed E-state index contributed by atoms with van der Waals surface area (Å²) in [5.41, 5.74) is 0.874. The van der Waals surface area contributed by atoms with Crippen LogP contribution in [0.15, 0.2) is 45.3 Å². The number of esters is 1. The first-order chi connectivity index (χ1) is 19.7. The zero-order chi connectivity index (χ0) is 29.8. The van der Waals surface area contributed by atoms with Crippen molar-refractivity contribution >= 4 is 33.9 Å². The summed E-state index contributed by atoms with van der Waals surface area (Å²) in [5, 5.41) is 8.89. The van der Waals surface area contributed by atoms with E-state index in [1.807, 2.05) is 44.2 Å². The van der Waals surface area contributed by atoms with Gasteiger partial charge in [-0.2, -0.15) is 0 Å². The normalized spacial score (nSPS) is 16.6. The highest BCUT2D eigenvalue weighted by Crippen LogP contribution is 2.37. The number of aliphatic hydroxyl groups is 1. The minimum Gasteiger partial charge on any atom is -0.461 e. The molecule has 226 valence electrons. The van der Waals surface area contributed by atoms with Crippen molar-refractivity contribution in [2.24, 2.45) is 11.8 Å². The minimum absolute atomic E-state index is 0.000138. The summed E-state index contributed by atoms with van der Waals surface area (Å²) >= 11 is 3.60. The van der Waals surface area contributed by atoms with Gasteiger partial charge in [0.05, 0.1) is 16.4 Å². The fourth-order valence-corrected chi connectivity index (χ4v) is 5.77. The molecule has 8 nitrogen and oxygen atoms in total. The Balaban J connectivity index is 1.79. The van der Waals surface area contributed by atoms with Gasteiger partial charge in [0.1, 0.15) is 18.1 Å². The van der Waals surface area contributed by atoms with Crippen LogP contribution >= 0.6 is 15.9 Å². The zero-order valence-electron chi connectivity index (χ0n) is 24.5. The van der Waals surface area contributed by atoms with Gasteiger partial charge in [-0.1, -0.05) is 82.7 Å². The molecule has 0 bridgehead atoms. The molecule has 1 aromatic heterocycles. The number of aryl methyl sites for hydroxylation is 1. The quantitative estimate of drug-likeness (QED) is 0.145. The molecule has 1 aliphatic heterocycles. The van der Waals surface area contributed by atoms with Crippen molar-refractivity contribution in [3.05, 3.63) is 58.0 Å². The molecule has 2 amide bonds. The first kappa shape index (κ1) is 32.9. The van der Waals surface area contributed by atoms with E-state index in [1.165, 1.54) is 24.7 Å². The molecule has 2 aromatic rings. The number of carbonyl (C=O) groups excluding carboxylic acids is 3. The van der Waals surface area contributed by atoms with E-state index in [9.17, 15) is 14.4 Å². The number of amides is 2. The number of imide groups is 1. The molecule has 1 fully saturated rings. The van der Waals surface area contributed by atoms with Gasteiger partial charge in [-0.25, -0.2) is 9.69 Å². The van der Waals surface area contributed by atoms with E-state index in [2.05, 4.69) is 15.9 Å². The molecular formula is C32H44BrNO7. The Bertz CT molecular complexity index is 1120. The van der Waals surface area contributed by atoms with E-state index in [0.717, 1.165) is 54.3 Å². The van der Waals surface area contributed by atoms with Gasteiger partial charge in [-0.05, 0) is 52.7 Å². The Morgan fingerprint density at radius 1 is 1.05 bits per heavy atom. The highest BCUT2D eigenvalue weighted by Gasteiger charge is 2.46. The second-order valence-electron chi connectivity index (χ2n) is 11.1. The Kier molecular flexibility index (Phi) is 13.4. The van der Waals surface area contributed by atoms with Crippen molar-refractivity contribution < 1.29 is 33.4 Å². The van der Waals surface area contributed by atoms with Crippen LogP contribution in [0, 0.1) is 11.8 Å². The third-order valence-electron chi connectivity index (χ3n) is 7.56. The lowest BCUT2D eigenvalue weighted by molar-refractivity contribution is -0.155. The number of cyclic esters (lactones) is 1. The molecule has 9 heteroatoms. The number of halogens is 1. The molecular weight excluding hydrogens is 590 g/mol. The molecule has 0 radical (unpaired) electrons. The molecule has 1 aromatic carbocycles. The molecule has 0 aliphatic carbocycles. The van der Waals surface area contributed by atoms with Crippen LogP contribution < -0.4 is 0 Å². The monoisotopic (exact) mass is 633 g/mol. The van der Waals surface area contributed by atoms with Gasteiger partial charge < -0.3 is 19.0 Å². The van der Waals surface area contributed by atoms with Crippen molar-refractivity contribution in [2.45, 2.75) is 97.1 Å². The fourth-order valence-electron chi connectivity index (χ4n) is 5.26. The summed E-state index contributed by atoms with van der Waals surface area (Å²) in [6.45, 7) is 5.59. The Labute approximate surface area is 251 Å². The van der Waals surface area contributed by atoms with E-state index >= 15 is 0 Å². The van der Waals surface area contributed by atoms with Crippen molar-refractivity contribution in [1.82, 2.24) is 4.90 Å². The largest absolute Gasteiger partial charge is 0.461 e.